The van der Waals surface area contributed by atoms with Crippen LogP contribution < -0.4 is 0 Å². The van der Waals surface area contributed by atoms with Gasteiger partial charge in [0.2, 0.25) is 5.95 Å². The van der Waals surface area contributed by atoms with Crippen LogP contribution in [-0.4, -0.2) is 23.5 Å². The minimum absolute atomic E-state index is 0.667. The Balaban J connectivity index is 1.22. The molecule has 0 aliphatic heterocycles. The Bertz CT molecular complexity index is 3960. The molecule has 6 aromatic heterocycles. The smallest absolute Gasteiger partial charge is 0.238 e. The highest BCUT2D eigenvalue weighted by atomic mass is 32.1. The topological polar surface area (TPSA) is 40.0 Å². The second kappa shape index (κ2) is 10.3. The molecule has 14 rings (SSSR count). The monoisotopic (exact) mass is 729 g/mol. The Morgan fingerprint density at radius 1 is 0.375 bits per heavy atom. The normalized spacial score (nSPS) is 12.6. The average molecular weight is 730 g/mol. The van der Waals surface area contributed by atoms with Crippen LogP contribution in [-0.2, 0) is 0 Å². The Labute approximate surface area is 321 Å². The molecule has 0 amide bonds. The zero-order valence-corrected chi connectivity index (χ0v) is 30.5. The van der Waals surface area contributed by atoms with E-state index in [0.717, 1.165) is 38.1 Å². The number of rotatable bonds is 2. The van der Waals surface area contributed by atoms with Gasteiger partial charge >= 0.3 is 0 Å². The Morgan fingerprint density at radius 3 is 1.70 bits per heavy atom. The van der Waals surface area contributed by atoms with Crippen LogP contribution >= 0.6 is 11.3 Å². The molecule has 8 aromatic carbocycles. The molecule has 14 aromatic rings. The first kappa shape index (κ1) is 29.1. The minimum atomic E-state index is 0.667. The molecule has 5 nitrogen and oxygen atoms in total. The maximum Gasteiger partial charge on any atom is 0.238 e. The van der Waals surface area contributed by atoms with Gasteiger partial charge in [0.1, 0.15) is 4.83 Å². The van der Waals surface area contributed by atoms with Crippen molar-refractivity contribution in [3.05, 3.63) is 164 Å². The lowest BCUT2D eigenvalue weighted by molar-refractivity contribution is 0.978. The van der Waals surface area contributed by atoms with Gasteiger partial charge < -0.3 is 4.40 Å². The SMILES string of the molecule is c1ccc2c(c1)ccc1c3cc4c5ccccc5n(-c5nc(-n6c7ccccc7c7ccccc76)c6c(n5)sc5ccccc56)c4c4c5ccccc5n(c21)c34. The van der Waals surface area contributed by atoms with Gasteiger partial charge in [0, 0.05) is 58.6 Å². The summed E-state index contributed by atoms with van der Waals surface area (Å²) < 4.78 is 8.42. The van der Waals surface area contributed by atoms with Crippen LogP contribution in [0.3, 0.4) is 0 Å². The highest BCUT2D eigenvalue weighted by Crippen LogP contribution is 2.48. The third-order valence-electron chi connectivity index (χ3n) is 12.2. The number of fused-ring (bicyclic) bond motifs is 18. The van der Waals surface area contributed by atoms with E-state index in [0.29, 0.717) is 5.95 Å². The highest BCUT2D eigenvalue weighted by molar-refractivity contribution is 7.25. The first-order chi connectivity index (χ1) is 27.8. The fourth-order valence-electron chi connectivity index (χ4n) is 9.97. The van der Waals surface area contributed by atoms with Gasteiger partial charge in [-0.15, -0.1) is 11.3 Å². The second-order valence-corrected chi connectivity index (χ2v) is 16.0. The summed E-state index contributed by atoms with van der Waals surface area (Å²) in [7, 11) is 0. The molecule has 0 saturated heterocycles. The fourth-order valence-corrected chi connectivity index (χ4v) is 11.0. The van der Waals surface area contributed by atoms with Gasteiger partial charge in [-0.05, 0) is 41.8 Å². The minimum Gasteiger partial charge on any atom is -0.307 e. The fraction of sp³-hybridized carbons (Fsp3) is 0. The van der Waals surface area contributed by atoms with Crippen LogP contribution in [0.1, 0.15) is 0 Å². The van der Waals surface area contributed by atoms with Crippen molar-refractivity contribution in [3.63, 3.8) is 0 Å². The largest absolute Gasteiger partial charge is 0.307 e. The quantitative estimate of drug-likeness (QED) is 0.178. The summed E-state index contributed by atoms with van der Waals surface area (Å²) in [6.07, 6.45) is 0. The maximum atomic E-state index is 5.74. The predicted molar refractivity (Wildman–Crippen MR) is 236 cm³/mol. The van der Waals surface area contributed by atoms with E-state index in [1.165, 1.54) is 80.5 Å². The summed E-state index contributed by atoms with van der Waals surface area (Å²) in [5, 5.41) is 14.5. The summed E-state index contributed by atoms with van der Waals surface area (Å²) >= 11 is 1.74. The molecule has 0 unspecified atom stereocenters. The summed E-state index contributed by atoms with van der Waals surface area (Å²) in [4.78, 5) is 12.3. The first-order valence-electron chi connectivity index (χ1n) is 19.0. The zero-order chi connectivity index (χ0) is 36.2. The summed E-state index contributed by atoms with van der Waals surface area (Å²) in [5.74, 6) is 1.56. The number of nitrogens with zero attached hydrogens (tertiary/aromatic N) is 5. The van der Waals surface area contributed by atoms with Gasteiger partial charge in [-0.3, -0.25) is 9.13 Å². The van der Waals surface area contributed by atoms with Crippen LogP contribution in [0.15, 0.2) is 164 Å². The van der Waals surface area contributed by atoms with E-state index in [2.05, 4.69) is 177 Å². The van der Waals surface area contributed by atoms with Crippen LogP contribution in [0.25, 0.3) is 125 Å². The van der Waals surface area contributed by atoms with Crippen molar-refractivity contribution < 1.29 is 0 Å². The molecule has 0 atom stereocenters. The Kier molecular flexibility index (Phi) is 5.34. The molecular formula is C50H27N5S. The van der Waals surface area contributed by atoms with Gasteiger partial charge in [-0.1, -0.05) is 127 Å². The van der Waals surface area contributed by atoms with Crippen molar-refractivity contribution in [1.82, 2.24) is 23.5 Å². The van der Waals surface area contributed by atoms with E-state index in [4.69, 9.17) is 9.97 Å². The number of hydrogen-bond donors (Lipinski definition) is 0. The first-order valence-corrected chi connectivity index (χ1v) is 19.8. The maximum absolute atomic E-state index is 5.74. The van der Waals surface area contributed by atoms with Crippen molar-refractivity contribution >= 4 is 124 Å². The molecule has 0 spiro atoms. The standard InChI is InChI=1S/C50H27N5S/c1-2-14-29-28(13-1)25-26-33-37-27-36-32-17-5-10-22-40(32)55(47(36)43-34-18-6-11-23-41(34)54(45(29)33)46(37)43)50-51-48(44-35-19-7-12-24-42(35)56-49(44)52-50)53-38-20-8-3-15-30(38)31-16-4-9-21-39(31)53/h1-27H. The second-order valence-electron chi connectivity index (χ2n) is 14.9. The number of hydrogen-bond acceptors (Lipinski definition) is 3. The van der Waals surface area contributed by atoms with E-state index in [-0.39, 0.29) is 0 Å². The number of benzene rings is 8. The third kappa shape index (κ3) is 3.47. The molecule has 0 bridgehead atoms. The Hall–Kier alpha value is -7.28. The molecule has 56 heavy (non-hydrogen) atoms. The summed E-state index contributed by atoms with van der Waals surface area (Å²) in [6.45, 7) is 0. The number of para-hydroxylation sites is 4. The van der Waals surface area contributed by atoms with Gasteiger partial charge in [-0.25, -0.2) is 4.98 Å². The van der Waals surface area contributed by atoms with Crippen LogP contribution in [0, 0.1) is 0 Å². The molecule has 0 fully saturated rings. The molecule has 0 aliphatic carbocycles. The average Bonchev–Trinajstić information content (AvgIpc) is 4.05. The van der Waals surface area contributed by atoms with Crippen LogP contribution in [0.4, 0.5) is 0 Å². The van der Waals surface area contributed by atoms with E-state index in [9.17, 15) is 0 Å². The highest BCUT2D eigenvalue weighted by Gasteiger charge is 2.27. The van der Waals surface area contributed by atoms with Gasteiger partial charge in [0.25, 0.3) is 0 Å². The molecular weight excluding hydrogens is 703 g/mol. The van der Waals surface area contributed by atoms with Crippen LogP contribution in [0.5, 0.6) is 0 Å². The molecule has 0 N–H and O–H groups in total. The van der Waals surface area contributed by atoms with E-state index < -0.39 is 0 Å². The van der Waals surface area contributed by atoms with E-state index in [1.54, 1.807) is 11.3 Å². The lowest BCUT2D eigenvalue weighted by atomic mass is 10.0. The molecule has 0 radical (unpaired) electrons. The predicted octanol–water partition coefficient (Wildman–Crippen LogP) is 13.3. The molecule has 0 saturated carbocycles. The van der Waals surface area contributed by atoms with Crippen molar-refractivity contribution in [2.45, 2.75) is 0 Å². The van der Waals surface area contributed by atoms with Gasteiger partial charge in [0.15, 0.2) is 5.82 Å². The molecule has 6 heteroatoms. The molecule has 6 heterocycles. The van der Waals surface area contributed by atoms with Gasteiger partial charge in [0.05, 0.1) is 44.0 Å². The Morgan fingerprint density at radius 2 is 0.946 bits per heavy atom. The zero-order valence-electron chi connectivity index (χ0n) is 29.7. The summed E-state index contributed by atoms with van der Waals surface area (Å²) in [6, 6.07) is 59.5. The molecule has 0 aliphatic rings. The number of aromatic nitrogens is 5. The van der Waals surface area contributed by atoms with Crippen molar-refractivity contribution in [2.75, 3.05) is 0 Å². The van der Waals surface area contributed by atoms with E-state index in [1.807, 2.05) is 0 Å². The van der Waals surface area contributed by atoms with Crippen molar-refractivity contribution in [3.8, 4) is 11.8 Å². The van der Waals surface area contributed by atoms with Gasteiger partial charge in [-0.2, -0.15) is 4.98 Å². The van der Waals surface area contributed by atoms with Crippen molar-refractivity contribution in [2.24, 2.45) is 0 Å². The lowest BCUT2D eigenvalue weighted by Gasteiger charge is -2.13. The third-order valence-corrected chi connectivity index (χ3v) is 13.2. The van der Waals surface area contributed by atoms with E-state index >= 15 is 0 Å². The molecule has 258 valence electrons. The number of thiophene rings is 1. The lowest BCUT2D eigenvalue weighted by Crippen LogP contribution is -2.06. The summed E-state index contributed by atoms with van der Waals surface area (Å²) in [5.41, 5.74) is 8.17. The van der Waals surface area contributed by atoms with Crippen LogP contribution in [0.2, 0.25) is 0 Å². The van der Waals surface area contributed by atoms with Crippen molar-refractivity contribution in [1.29, 1.82) is 0 Å².